The largest absolute Gasteiger partial charge is 0.366 e. The van der Waals surface area contributed by atoms with E-state index in [1.54, 1.807) is 6.07 Å². The average Bonchev–Trinajstić information content (AvgIpc) is 2.30. The number of hydrogen-bond acceptors (Lipinski definition) is 2. The molecule has 2 nitrogen and oxygen atoms in total. The van der Waals surface area contributed by atoms with Crippen LogP contribution in [-0.2, 0) is 0 Å². The Morgan fingerprint density at radius 3 is 2.82 bits per heavy atom. The standard InChI is InChI=1S/C14H21FN2/c1-10-6-3-4-9-17(10)14-12(11(2)16)7-5-8-13(14)15/h5,7-8,10-11H,3-4,6,9,16H2,1-2H3/t10?,11-/m1/s1. The lowest BCUT2D eigenvalue weighted by Gasteiger charge is -2.37. The maximum absolute atomic E-state index is 14.1. The lowest BCUT2D eigenvalue weighted by atomic mass is 9.99. The molecule has 1 aliphatic rings. The SMILES string of the molecule is CC1CCCCN1c1c(F)cccc1[C@@H](C)N. The molecule has 1 saturated heterocycles. The minimum absolute atomic E-state index is 0.130. The number of para-hydroxylation sites is 1. The Bertz CT molecular complexity index is 390. The van der Waals surface area contributed by atoms with Crippen LogP contribution in [0.4, 0.5) is 10.1 Å². The predicted molar refractivity (Wildman–Crippen MR) is 69.7 cm³/mol. The molecule has 1 aromatic rings. The Morgan fingerprint density at radius 1 is 1.41 bits per heavy atom. The molecule has 0 aliphatic carbocycles. The Morgan fingerprint density at radius 2 is 2.18 bits per heavy atom. The van der Waals surface area contributed by atoms with Crippen molar-refractivity contribution in [2.75, 3.05) is 11.4 Å². The van der Waals surface area contributed by atoms with Gasteiger partial charge in [0.2, 0.25) is 0 Å². The van der Waals surface area contributed by atoms with E-state index in [2.05, 4.69) is 11.8 Å². The van der Waals surface area contributed by atoms with Crippen LogP contribution in [0.3, 0.4) is 0 Å². The molecule has 1 unspecified atom stereocenters. The summed E-state index contributed by atoms with van der Waals surface area (Å²) in [6.45, 7) is 5.01. The summed E-state index contributed by atoms with van der Waals surface area (Å²) in [4.78, 5) is 2.18. The van der Waals surface area contributed by atoms with E-state index in [1.165, 1.54) is 12.5 Å². The number of piperidine rings is 1. The van der Waals surface area contributed by atoms with E-state index in [9.17, 15) is 4.39 Å². The van der Waals surface area contributed by atoms with Crippen molar-refractivity contribution < 1.29 is 4.39 Å². The van der Waals surface area contributed by atoms with Crippen LogP contribution in [-0.4, -0.2) is 12.6 Å². The summed E-state index contributed by atoms with van der Waals surface area (Å²) in [6, 6.07) is 5.48. The van der Waals surface area contributed by atoms with Gasteiger partial charge in [0.25, 0.3) is 0 Å². The van der Waals surface area contributed by atoms with Crippen molar-refractivity contribution in [2.45, 2.75) is 45.2 Å². The van der Waals surface area contributed by atoms with E-state index in [4.69, 9.17) is 5.73 Å². The quantitative estimate of drug-likeness (QED) is 0.854. The van der Waals surface area contributed by atoms with E-state index >= 15 is 0 Å². The summed E-state index contributed by atoms with van der Waals surface area (Å²) in [5, 5.41) is 0. The predicted octanol–water partition coefficient (Wildman–Crippen LogP) is 3.22. The summed E-state index contributed by atoms with van der Waals surface area (Å²) < 4.78 is 14.1. The Hall–Kier alpha value is -1.09. The van der Waals surface area contributed by atoms with Crippen molar-refractivity contribution in [1.29, 1.82) is 0 Å². The van der Waals surface area contributed by atoms with E-state index in [1.807, 2.05) is 13.0 Å². The lowest BCUT2D eigenvalue weighted by molar-refractivity contribution is 0.473. The Labute approximate surface area is 103 Å². The van der Waals surface area contributed by atoms with Gasteiger partial charge in [-0.3, -0.25) is 0 Å². The van der Waals surface area contributed by atoms with Crippen LogP contribution in [0.1, 0.15) is 44.7 Å². The summed E-state index contributed by atoms with van der Waals surface area (Å²) in [5.74, 6) is -0.145. The molecule has 0 bridgehead atoms. The van der Waals surface area contributed by atoms with Crippen molar-refractivity contribution in [3.63, 3.8) is 0 Å². The van der Waals surface area contributed by atoms with Crippen molar-refractivity contribution in [1.82, 2.24) is 0 Å². The molecule has 2 atom stereocenters. The van der Waals surface area contributed by atoms with Gasteiger partial charge in [0.15, 0.2) is 0 Å². The van der Waals surface area contributed by atoms with Crippen LogP contribution >= 0.6 is 0 Å². The molecule has 1 heterocycles. The highest BCUT2D eigenvalue weighted by molar-refractivity contribution is 5.57. The molecule has 17 heavy (non-hydrogen) atoms. The van der Waals surface area contributed by atoms with E-state index in [0.29, 0.717) is 6.04 Å². The molecule has 3 heteroatoms. The molecule has 2 N–H and O–H groups in total. The van der Waals surface area contributed by atoms with Gasteiger partial charge in [0, 0.05) is 18.6 Å². The third-order valence-electron chi connectivity index (χ3n) is 3.60. The first kappa shape index (κ1) is 12.4. The average molecular weight is 236 g/mol. The number of nitrogens with two attached hydrogens (primary N) is 1. The van der Waals surface area contributed by atoms with Gasteiger partial charge >= 0.3 is 0 Å². The molecule has 1 aromatic carbocycles. The summed E-state index contributed by atoms with van der Waals surface area (Å²) in [5.41, 5.74) is 7.58. The number of halogens is 1. The molecular weight excluding hydrogens is 215 g/mol. The third kappa shape index (κ3) is 2.44. The fourth-order valence-corrected chi connectivity index (χ4v) is 2.63. The number of rotatable bonds is 2. The molecular formula is C14H21FN2. The summed E-state index contributed by atoms with van der Waals surface area (Å²) in [6.07, 6.45) is 3.50. The molecule has 1 aliphatic heterocycles. The maximum Gasteiger partial charge on any atom is 0.146 e. The molecule has 0 spiro atoms. The zero-order chi connectivity index (χ0) is 12.4. The van der Waals surface area contributed by atoms with Crippen molar-refractivity contribution in [2.24, 2.45) is 5.73 Å². The highest BCUT2D eigenvalue weighted by atomic mass is 19.1. The van der Waals surface area contributed by atoms with Crippen molar-refractivity contribution >= 4 is 5.69 Å². The zero-order valence-corrected chi connectivity index (χ0v) is 10.6. The topological polar surface area (TPSA) is 29.3 Å². The van der Waals surface area contributed by atoms with Gasteiger partial charge in [-0.05, 0) is 44.7 Å². The van der Waals surface area contributed by atoms with Gasteiger partial charge in [-0.15, -0.1) is 0 Å². The van der Waals surface area contributed by atoms with Crippen LogP contribution in [0, 0.1) is 5.82 Å². The van der Waals surface area contributed by atoms with Crippen LogP contribution in [0.15, 0.2) is 18.2 Å². The number of anilines is 1. The minimum atomic E-state index is -0.145. The monoisotopic (exact) mass is 236 g/mol. The van der Waals surface area contributed by atoms with Crippen molar-refractivity contribution in [3.05, 3.63) is 29.6 Å². The number of nitrogens with zero attached hydrogens (tertiary/aromatic N) is 1. The highest BCUT2D eigenvalue weighted by Crippen LogP contribution is 2.32. The second-order valence-electron chi connectivity index (χ2n) is 5.00. The lowest BCUT2D eigenvalue weighted by Crippen LogP contribution is -2.39. The van der Waals surface area contributed by atoms with Gasteiger partial charge < -0.3 is 10.6 Å². The molecule has 1 fully saturated rings. The first-order chi connectivity index (χ1) is 8.11. The minimum Gasteiger partial charge on any atom is -0.366 e. The summed E-state index contributed by atoms with van der Waals surface area (Å²) >= 11 is 0. The van der Waals surface area contributed by atoms with Gasteiger partial charge in [0.05, 0.1) is 5.69 Å². The third-order valence-corrected chi connectivity index (χ3v) is 3.60. The molecule has 94 valence electrons. The van der Waals surface area contributed by atoms with Gasteiger partial charge in [0.1, 0.15) is 5.82 Å². The van der Waals surface area contributed by atoms with Gasteiger partial charge in [-0.1, -0.05) is 12.1 Å². The fourth-order valence-electron chi connectivity index (χ4n) is 2.63. The molecule has 0 radical (unpaired) electrons. The first-order valence-electron chi connectivity index (χ1n) is 6.42. The smallest absolute Gasteiger partial charge is 0.146 e. The number of benzene rings is 1. The van der Waals surface area contributed by atoms with E-state index in [0.717, 1.165) is 30.6 Å². The first-order valence-corrected chi connectivity index (χ1v) is 6.42. The zero-order valence-electron chi connectivity index (χ0n) is 10.6. The summed E-state index contributed by atoms with van der Waals surface area (Å²) in [7, 11) is 0. The van der Waals surface area contributed by atoms with Crippen LogP contribution in [0.25, 0.3) is 0 Å². The Balaban J connectivity index is 2.41. The van der Waals surface area contributed by atoms with Crippen LogP contribution in [0.2, 0.25) is 0 Å². The van der Waals surface area contributed by atoms with Gasteiger partial charge in [-0.2, -0.15) is 0 Å². The maximum atomic E-state index is 14.1. The molecule has 0 saturated carbocycles. The Kier molecular flexibility index (Phi) is 3.67. The second kappa shape index (κ2) is 5.05. The molecule has 2 rings (SSSR count). The van der Waals surface area contributed by atoms with Crippen molar-refractivity contribution in [3.8, 4) is 0 Å². The van der Waals surface area contributed by atoms with Crippen LogP contribution in [0.5, 0.6) is 0 Å². The molecule has 0 amide bonds. The number of hydrogen-bond donors (Lipinski definition) is 1. The normalized spacial score (nSPS) is 22.6. The van der Waals surface area contributed by atoms with Crippen LogP contribution < -0.4 is 10.6 Å². The fraction of sp³-hybridized carbons (Fsp3) is 0.571. The molecule has 0 aromatic heterocycles. The highest BCUT2D eigenvalue weighted by Gasteiger charge is 2.24. The van der Waals surface area contributed by atoms with E-state index in [-0.39, 0.29) is 11.9 Å². The second-order valence-corrected chi connectivity index (χ2v) is 5.00. The van der Waals surface area contributed by atoms with E-state index < -0.39 is 0 Å². The van der Waals surface area contributed by atoms with Gasteiger partial charge in [-0.25, -0.2) is 4.39 Å².